The first-order valence-electron chi connectivity index (χ1n) is 6.55. The van der Waals surface area contributed by atoms with Crippen molar-refractivity contribution in [2.45, 2.75) is 6.42 Å². The number of aromatic nitrogens is 4. The van der Waals surface area contributed by atoms with Crippen molar-refractivity contribution >= 4 is 11.7 Å². The van der Waals surface area contributed by atoms with Gasteiger partial charge < -0.3 is 5.32 Å². The van der Waals surface area contributed by atoms with Crippen molar-refractivity contribution in [3.63, 3.8) is 0 Å². The molecule has 2 heterocycles. The smallest absolute Gasteiger partial charge is 0.229 e. The monoisotopic (exact) mass is 297 g/mol. The summed E-state index contributed by atoms with van der Waals surface area (Å²) in [5, 5.41) is 2.69. The molecule has 0 aliphatic carbocycles. The maximum Gasteiger partial charge on any atom is 0.229 e. The van der Waals surface area contributed by atoms with E-state index in [9.17, 15) is 9.18 Å². The molecule has 0 saturated heterocycles. The van der Waals surface area contributed by atoms with Crippen LogP contribution >= 0.6 is 0 Å². The zero-order valence-corrected chi connectivity index (χ0v) is 11.5. The van der Waals surface area contributed by atoms with E-state index in [-0.39, 0.29) is 18.1 Å². The number of nitrogens with zero attached hydrogens (tertiary/aromatic N) is 4. The number of anilines is 1. The maximum absolute atomic E-state index is 12.8. The molecule has 3 aromatic rings. The van der Waals surface area contributed by atoms with Gasteiger partial charge in [0.1, 0.15) is 30.1 Å². The lowest BCUT2D eigenvalue weighted by molar-refractivity contribution is -0.115. The summed E-state index contributed by atoms with van der Waals surface area (Å²) in [5.74, 6) is 0.433. The third-order valence-corrected chi connectivity index (χ3v) is 2.97. The Bertz CT molecular complexity index is 771. The van der Waals surface area contributed by atoms with Crippen molar-refractivity contribution in [3.8, 4) is 5.82 Å². The van der Waals surface area contributed by atoms with Gasteiger partial charge in [0.15, 0.2) is 0 Å². The number of nitrogens with one attached hydrogen (secondary N) is 1. The Morgan fingerprint density at radius 1 is 1.23 bits per heavy atom. The lowest BCUT2D eigenvalue weighted by atomic mass is 10.1. The third-order valence-electron chi connectivity index (χ3n) is 2.97. The lowest BCUT2D eigenvalue weighted by Gasteiger charge is -2.06. The van der Waals surface area contributed by atoms with Crippen molar-refractivity contribution < 1.29 is 9.18 Å². The Kier molecular flexibility index (Phi) is 3.86. The van der Waals surface area contributed by atoms with Crippen LogP contribution in [0.2, 0.25) is 0 Å². The van der Waals surface area contributed by atoms with Crippen LogP contribution in [0.15, 0.2) is 55.4 Å². The van der Waals surface area contributed by atoms with Gasteiger partial charge >= 0.3 is 0 Å². The molecular weight excluding hydrogens is 285 g/mol. The van der Waals surface area contributed by atoms with Gasteiger partial charge in [0.2, 0.25) is 5.91 Å². The van der Waals surface area contributed by atoms with Gasteiger partial charge in [0.05, 0.1) is 6.42 Å². The number of benzene rings is 1. The molecule has 2 aromatic heterocycles. The SMILES string of the molecule is O=C(Cc1ccc(F)cc1)Nc1cc(-n2ccnc2)ncn1. The Balaban J connectivity index is 1.69. The molecule has 0 fully saturated rings. The van der Waals surface area contributed by atoms with Crippen molar-refractivity contribution in [1.29, 1.82) is 0 Å². The first-order chi connectivity index (χ1) is 10.7. The van der Waals surface area contributed by atoms with Crippen LogP contribution in [0.5, 0.6) is 0 Å². The lowest BCUT2D eigenvalue weighted by Crippen LogP contribution is -2.15. The molecular formula is C15H12FN5O. The van der Waals surface area contributed by atoms with Crippen LogP contribution in [0.1, 0.15) is 5.56 Å². The quantitative estimate of drug-likeness (QED) is 0.799. The molecule has 7 heteroatoms. The van der Waals surface area contributed by atoms with Crippen molar-refractivity contribution in [2.24, 2.45) is 0 Å². The van der Waals surface area contributed by atoms with Gasteiger partial charge in [-0.05, 0) is 17.7 Å². The minimum Gasteiger partial charge on any atom is -0.310 e. The topological polar surface area (TPSA) is 72.7 Å². The van der Waals surface area contributed by atoms with E-state index in [2.05, 4.69) is 20.3 Å². The molecule has 1 N–H and O–H groups in total. The second-order valence-corrected chi connectivity index (χ2v) is 4.58. The van der Waals surface area contributed by atoms with Crippen LogP contribution < -0.4 is 5.32 Å². The number of carbonyl (C=O) groups excluding carboxylic acids is 1. The second kappa shape index (κ2) is 6.13. The number of imidazole rings is 1. The number of amides is 1. The Labute approximate surface area is 125 Å². The molecule has 0 unspecified atom stereocenters. The molecule has 1 amide bonds. The van der Waals surface area contributed by atoms with Crippen molar-refractivity contribution in [2.75, 3.05) is 5.32 Å². The van der Waals surface area contributed by atoms with Crippen LogP contribution in [0.25, 0.3) is 5.82 Å². The molecule has 110 valence electrons. The zero-order chi connectivity index (χ0) is 15.4. The second-order valence-electron chi connectivity index (χ2n) is 4.58. The molecule has 0 aliphatic heterocycles. The highest BCUT2D eigenvalue weighted by Crippen LogP contribution is 2.10. The van der Waals surface area contributed by atoms with Crippen LogP contribution in [-0.2, 0) is 11.2 Å². The van der Waals surface area contributed by atoms with Crippen LogP contribution in [0.3, 0.4) is 0 Å². The standard InChI is InChI=1S/C15H12FN5O/c16-12-3-1-11(2-4-12)7-15(22)20-13-8-14(19-9-18-13)21-6-5-17-10-21/h1-6,8-10H,7H2,(H,18,19,20,22). The predicted molar refractivity (Wildman–Crippen MR) is 77.9 cm³/mol. The summed E-state index contributed by atoms with van der Waals surface area (Å²) in [6.07, 6.45) is 6.49. The average molecular weight is 297 g/mol. The fourth-order valence-electron chi connectivity index (χ4n) is 1.93. The van der Waals surface area contributed by atoms with Crippen molar-refractivity contribution in [3.05, 3.63) is 66.8 Å². The van der Waals surface area contributed by atoms with E-state index in [0.717, 1.165) is 5.56 Å². The third kappa shape index (κ3) is 3.32. The summed E-state index contributed by atoms with van der Waals surface area (Å²) in [4.78, 5) is 24.0. The minimum atomic E-state index is -0.329. The van der Waals surface area contributed by atoms with Crippen molar-refractivity contribution in [1.82, 2.24) is 19.5 Å². The molecule has 0 aliphatic rings. The van der Waals surface area contributed by atoms with Gasteiger partial charge in [0, 0.05) is 18.5 Å². The number of hydrogen-bond donors (Lipinski definition) is 1. The van der Waals surface area contributed by atoms with E-state index < -0.39 is 0 Å². The first kappa shape index (κ1) is 13.9. The average Bonchev–Trinajstić information content (AvgIpc) is 3.04. The molecule has 0 bridgehead atoms. The van der Waals surface area contributed by atoms with E-state index in [0.29, 0.717) is 11.6 Å². The maximum atomic E-state index is 12.8. The fourth-order valence-corrected chi connectivity index (χ4v) is 1.93. The number of halogens is 1. The summed E-state index contributed by atoms with van der Waals surface area (Å²) in [6, 6.07) is 7.44. The van der Waals surface area contributed by atoms with Gasteiger partial charge in [-0.3, -0.25) is 9.36 Å². The molecule has 0 radical (unpaired) electrons. The number of hydrogen-bond acceptors (Lipinski definition) is 4. The normalized spacial score (nSPS) is 10.4. The van der Waals surface area contributed by atoms with Gasteiger partial charge in [-0.2, -0.15) is 0 Å². The van der Waals surface area contributed by atoms with Crippen LogP contribution in [0.4, 0.5) is 10.2 Å². The highest BCUT2D eigenvalue weighted by atomic mass is 19.1. The van der Waals surface area contributed by atoms with Crippen LogP contribution in [-0.4, -0.2) is 25.4 Å². The molecule has 0 spiro atoms. The molecule has 3 rings (SSSR count). The first-order valence-corrected chi connectivity index (χ1v) is 6.55. The highest BCUT2D eigenvalue weighted by molar-refractivity contribution is 5.91. The molecule has 6 nitrogen and oxygen atoms in total. The summed E-state index contributed by atoms with van der Waals surface area (Å²) in [6.45, 7) is 0. The van der Waals surface area contributed by atoms with E-state index in [4.69, 9.17) is 0 Å². The van der Waals surface area contributed by atoms with Crippen LogP contribution in [0, 0.1) is 5.82 Å². The Hall–Kier alpha value is -3.09. The Morgan fingerprint density at radius 2 is 2.05 bits per heavy atom. The van der Waals surface area contributed by atoms with Gasteiger partial charge in [-0.1, -0.05) is 12.1 Å². The number of rotatable bonds is 4. The largest absolute Gasteiger partial charge is 0.310 e. The predicted octanol–water partition coefficient (Wildman–Crippen LogP) is 1.98. The number of carbonyl (C=O) groups is 1. The highest BCUT2D eigenvalue weighted by Gasteiger charge is 2.07. The molecule has 0 atom stereocenters. The molecule has 1 aromatic carbocycles. The van der Waals surface area contributed by atoms with Gasteiger partial charge in [0.25, 0.3) is 0 Å². The Morgan fingerprint density at radius 3 is 2.77 bits per heavy atom. The zero-order valence-electron chi connectivity index (χ0n) is 11.5. The van der Waals surface area contributed by atoms with E-state index in [1.54, 1.807) is 41.5 Å². The summed E-state index contributed by atoms with van der Waals surface area (Å²) < 4.78 is 14.5. The molecule has 22 heavy (non-hydrogen) atoms. The van der Waals surface area contributed by atoms with E-state index >= 15 is 0 Å². The minimum absolute atomic E-state index is 0.144. The van der Waals surface area contributed by atoms with Gasteiger partial charge in [-0.25, -0.2) is 19.3 Å². The fraction of sp³-hybridized carbons (Fsp3) is 0.0667. The van der Waals surface area contributed by atoms with E-state index in [1.165, 1.54) is 18.5 Å². The summed E-state index contributed by atoms with van der Waals surface area (Å²) in [5.41, 5.74) is 0.725. The van der Waals surface area contributed by atoms with E-state index in [1.807, 2.05) is 0 Å². The van der Waals surface area contributed by atoms with Gasteiger partial charge in [-0.15, -0.1) is 0 Å². The molecule has 0 saturated carbocycles. The summed E-state index contributed by atoms with van der Waals surface area (Å²) in [7, 11) is 0. The summed E-state index contributed by atoms with van der Waals surface area (Å²) >= 11 is 0.